The first-order valence-electron chi connectivity index (χ1n) is 8.01. The number of anilines is 1. The van der Waals surface area contributed by atoms with Crippen molar-refractivity contribution in [2.24, 2.45) is 0 Å². The van der Waals surface area contributed by atoms with Crippen molar-refractivity contribution in [3.63, 3.8) is 0 Å². The molecular weight excluding hydrogens is 392 g/mol. The molecule has 1 heterocycles. The van der Waals surface area contributed by atoms with Gasteiger partial charge in [0.15, 0.2) is 5.82 Å². The fourth-order valence-corrected chi connectivity index (χ4v) is 3.00. The summed E-state index contributed by atoms with van der Waals surface area (Å²) >= 11 is 12.0. The Bertz CT molecular complexity index is 984. The molecule has 8 heteroatoms. The number of hydrogen-bond donors (Lipinski definition) is 1. The first kappa shape index (κ1) is 19.2. The maximum absolute atomic E-state index is 14.0. The number of hydrogen-bond acceptors (Lipinski definition) is 3. The van der Waals surface area contributed by atoms with Crippen LogP contribution in [0.5, 0.6) is 5.75 Å². The summed E-state index contributed by atoms with van der Waals surface area (Å²) in [7, 11) is 1.47. The molecule has 0 aliphatic rings. The summed E-state index contributed by atoms with van der Waals surface area (Å²) in [5, 5.41) is 7.75. The fourth-order valence-electron chi connectivity index (χ4n) is 2.61. The van der Waals surface area contributed by atoms with E-state index in [1.807, 2.05) is 0 Å². The minimum absolute atomic E-state index is 0.147. The number of benzene rings is 2. The van der Waals surface area contributed by atoms with Gasteiger partial charge in [-0.1, -0.05) is 29.3 Å². The SMILES string of the molecule is COc1ccc(Cl)cc1C(=O)Nc1cc(C)n(Cc2c(F)cccc2Cl)n1. The molecule has 0 fully saturated rings. The Morgan fingerprint density at radius 2 is 2.04 bits per heavy atom. The Labute approximate surface area is 165 Å². The highest BCUT2D eigenvalue weighted by molar-refractivity contribution is 6.31. The van der Waals surface area contributed by atoms with E-state index < -0.39 is 11.7 Å². The van der Waals surface area contributed by atoms with Crippen molar-refractivity contribution in [2.45, 2.75) is 13.5 Å². The number of nitrogens with one attached hydrogen (secondary N) is 1. The van der Waals surface area contributed by atoms with Crippen LogP contribution < -0.4 is 10.1 Å². The number of carbonyl (C=O) groups excluding carboxylic acids is 1. The second kappa shape index (κ2) is 7.98. The number of aromatic nitrogens is 2. The third-order valence-corrected chi connectivity index (χ3v) is 4.59. The van der Waals surface area contributed by atoms with Gasteiger partial charge in [-0.3, -0.25) is 9.48 Å². The molecular formula is C19H16Cl2FN3O2. The first-order chi connectivity index (χ1) is 12.9. The summed E-state index contributed by atoms with van der Waals surface area (Å²) in [6.45, 7) is 1.95. The topological polar surface area (TPSA) is 56.1 Å². The quantitative estimate of drug-likeness (QED) is 0.650. The van der Waals surface area contributed by atoms with E-state index in [4.69, 9.17) is 27.9 Å². The fraction of sp³-hybridized carbons (Fsp3) is 0.158. The lowest BCUT2D eigenvalue weighted by Gasteiger charge is -2.09. The van der Waals surface area contributed by atoms with Crippen molar-refractivity contribution in [3.8, 4) is 5.75 Å². The highest BCUT2D eigenvalue weighted by Gasteiger charge is 2.16. The highest BCUT2D eigenvalue weighted by Crippen LogP contribution is 2.24. The average Bonchev–Trinajstić information content (AvgIpc) is 2.97. The van der Waals surface area contributed by atoms with Gasteiger partial charge in [0.05, 0.1) is 19.2 Å². The van der Waals surface area contributed by atoms with Crippen LogP contribution in [-0.2, 0) is 6.54 Å². The Balaban J connectivity index is 1.83. The standard InChI is InChI=1S/C19H16Cl2FN3O2/c1-11-8-18(23-19(26)13-9-12(20)6-7-17(13)27-2)24-25(11)10-14-15(21)4-3-5-16(14)22/h3-9H,10H2,1-2H3,(H,23,24,26). The van der Waals surface area contributed by atoms with Gasteiger partial charge in [0.25, 0.3) is 5.91 Å². The van der Waals surface area contributed by atoms with E-state index in [1.165, 1.54) is 19.2 Å². The second-order valence-electron chi connectivity index (χ2n) is 5.83. The lowest BCUT2D eigenvalue weighted by molar-refractivity contribution is 0.102. The van der Waals surface area contributed by atoms with Gasteiger partial charge in [-0.25, -0.2) is 4.39 Å². The summed E-state index contributed by atoms with van der Waals surface area (Å²) in [5.74, 6) is -0.104. The first-order valence-corrected chi connectivity index (χ1v) is 8.77. The second-order valence-corrected chi connectivity index (χ2v) is 6.67. The molecule has 0 radical (unpaired) electrons. The zero-order chi connectivity index (χ0) is 19.6. The molecule has 1 N–H and O–H groups in total. The number of halogens is 3. The van der Waals surface area contributed by atoms with Gasteiger partial charge in [0.1, 0.15) is 11.6 Å². The van der Waals surface area contributed by atoms with E-state index in [9.17, 15) is 9.18 Å². The monoisotopic (exact) mass is 407 g/mol. The summed E-state index contributed by atoms with van der Waals surface area (Å²) in [4.78, 5) is 12.6. The van der Waals surface area contributed by atoms with Crippen molar-refractivity contribution in [2.75, 3.05) is 12.4 Å². The van der Waals surface area contributed by atoms with E-state index in [0.717, 1.165) is 5.69 Å². The molecule has 5 nitrogen and oxygen atoms in total. The van der Waals surface area contributed by atoms with Crippen LogP contribution in [0.3, 0.4) is 0 Å². The van der Waals surface area contributed by atoms with Crippen LogP contribution in [-0.4, -0.2) is 22.8 Å². The minimum atomic E-state index is -0.414. The largest absolute Gasteiger partial charge is 0.496 e. The summed E-state index contributed by atoms with van der Waals surface area (Å²) in [6.07, 6.45) is 0. The van der Waals surface area contributed by atoms with E-state index in [0.29, 0.717) is 27.2 Å². The molecule has 0 aliphatic heterocycles. The number of methoxy groups -OCH3 is 1. The summed E-state index contributed by atoms with van der Waals surface area (Å²) < 4.78 is 20.8. The smallest absolute Gasteiger partial charge is 0.260 e. The lowest BCUT2D eigenvalue weighted by Crippen LogP contribution is -2.14. The van der Waals surface area contributed by atoms with Crippen LogP contribution in [0.25, 0.3) is 0 Å². The third kappa shape index (κ3) is 4.23. The van der Waals surface area contributed by atoms with Crippen molar-refractivity contribution >= 4 is 34.9 Å². The minimum Gasteiger partial charge on any atom is -0.496 e. The Morgan fingerprint density at radius 3 is 2.74 bits per heavy atom. The number of nitrogens with zero attached hydrogens (tertiary/aromatic N) is 2. The zero-order valence-corrected chi connectivity index (χ0v) is 16.1. The average molecular weight is 408 g/mol. The third-order valence-electron chi connectivity index (χ3n) is 4.00. The van der Waals surface area contributed by atoms with Crippen molar-refractivity contribution in [1.82, 2.24) is 9.78 Å². The van der Waals surface area contributed by atoms with Crippen LogP contribution in [0.15, 0.2) is 42.5 Å². The van der Waals surface area contributed by atoms with Gasteiger partial charge in [0, 0.05) is 27.4 Å². The van der Waals surface area contributed by atoms with Gasteiger partial charge < -0.3 is 10.1 Å². The van der Waals surface area contributed by atoms with Gasteiger partial charge in [-0.15, -0.1) is 0 Å². The van der Waals surface area contributed by atoms with Crippen LogP contribution >= 0.6 is 23.2 Å². The van der Waals surface area contributed by atoms with Gasteiger partial charge >= 0.3 is 0 Å². The molecule has 1 aromatic heterocycles. The molecule has 0 atom stereocenters. The maximum Gasteiger partial charge on any atom is 0.260 e. The van der Waals surface area contributed by atoms with E-state index in [1.54, 1.807) is 41.9 Å². The molecule has 27 heavy (non-hydrogen) atoms. The Kier molecular flexibility index (Phi) is 5.68. The number of ether oxygens (including phenoxy) is 1. The summed E-state index contributed by atoms with van der Waals surface area (Å²) in [5.41, 5.74) is 1.36. The maximum atomic E-state index is 14.0. The van der Waals surface area contributed by atoms with Crippen LogP contribution in [0.2, 0.25) is 10.0 Å². The van der Waals surface area contributed by atoms with Crippen LogP contribution in [0.4, 0.5) is 10.2 Å². The lowest BCUT2D eigenvalue weighted by atomic mass is 10.2. The number of aryl methyl sites for hydroxylation is 1. The molecule has 2 aromatic carbocycles. The number of amides is 1. The predicted molar refractivity (Wildman–Crippen MR) is 103 cm³/mol. The van der Waals surface area contributed by atoms with E-state index in [-0.39, 0.29) is 12.1 Å². The molecule has 3 rings (SSSR count). The molecule has 0 unspecified atom stereocenters. The molecule has 1 amide bonds. The van der Waals surface area contributed by atoms with Gasteiger partial charge in [-0.05, 0) is 37.3 Å². The van der Waals surface area contributed by atoms with Crippen LogP contribution in [0.1, 0.15) is 21.6 Å². The molecule has 3 aromatic rings. The van der Waals surface area contributed by atoms with Crippen molar-refractivity contribution in [3.05, 3.63) is 75.1 Å². The molecule has 0 bridgehead atoms. The molecule has 0 aliphatic carbocycles. The molecule has 0 spiro atoms. The zero-order valence-electron chi connectivity index (χ0n) is 14.6. The van der Waals surface area contributed by atoms with Crippen LogP contribution in [0, 0.1) is 12.7 Å². The van der Waals surface area contributed by atoms with Crippen molar-refractivity contribution < 1.29 is 13.9 Å². The Hall–Kier alpha value is -2.57. The highest BCUT2D eigenvalue weighted by atomic mass is 35.5. The number of carbonyl (C=O) groups is 1. The predicted octanol–water partition coefficient (Wildman–Crippen LogP) is 4.95. The Morgan fingerprint density at radius 1 is 1.26 bits per heavy atom. The molecule has 0 saturated carbocycles. The van der Waals surface area contributed by atoms with E-state index >= 15 is 0 Å². The number of rotatable bonds is 5. The normalized spacial score (nSPS) is 10.7. The van der Waals surface area contributed by atoms with Gasteiger partial charge in [-0.2, -0.15) is 5.10 Å². The summed E-state index contributed by atoms with van der Waals surface area (Å²) in [6, 6.07) is 10.9. The van der Waals surface area contributed by atoms with Gasteiger partial charge in [0.2, 0.25) is 0 Å². The molecule has 0 saturated heterocycles. The van der Waals surface area contributed by atoms with Crippen molar-refractivity contribution in [1.29, 1.82) is 0 Å². The van der Waals surface area contributed by atoms with E-state index in [2.05, 4.69) is 10.4 Å². The molecule has 140 valence electrons.